The summed E-state index contributed by atoms with van der Waals surface area (Å²) >= 11 is 6.44. The maximum absolute atomic E-state index is 11.8. The van der Waals surface area contributed by atoms with E-state index in [1.54, 1.807) is 31.2 Å². The summed E-state index contributed by atoms with van der Waals surface area (Å²) in [5, 5.41) is 25.5. The molecule has 3 aromatic carbocycles. The van der Waals surface area contributed by atoms with Gasteiger partial charge in [0.25, 0.3) is 0 Å². The van der Waals surface area contributed by atoms with E-state index >= 15 is 0 Å². The summed E-state index contributed by atoms with van der Waals surface area (Å²) in [6.07, 6.45) is -0.883. The van der Waals surface area contributed by atoms with E-state index in [-0.39, 0.29) is 0 Å². The molecule has 1 amide bonds. The fourth-order valence-corrected chi connectivity index (χ4v) is 4.34. The van der Waals surface area contributed by atoms with E-state index in [1.165, 1.54) is 0 Å². The van der Waals surface area contributed by atoms with Crippen LogP contribution in [0.15, 0.2) is 77.3 Å². The minimum atomic E-state index is -1.45. The van der Waals surface area contributed by atoms with Crippen molar-refractivity contribution in [3.05, 3.63) is 107 Å². The molecule has 0 aliphatic rings. The van der Waals surface area contributed by atoms with Gasteiger partial charge in [-0.1, -0.05) is 83.5 Å². The van der Waals surface area contributed by atoms with E-state index in [9.17, 15) is 9.90 Å². The average Bonchev–Trinajstić information content (AvgIpc) is 3.22. The number of nitriles is 1. The normalized spacial score (nSPS) is 12.5. The van der Waals surface area contributed by atoms with Gasteiger partial charge in [0.1, 0.15) is 5.54 Å². The van der Waals surface area contributed by atoms with Gasteiger partial charge < -0.3 is 14.9 Å². The van der Waals surface area contributed by atoms with Crippen LogP contribution >= 0.6 is 11.6 Å². The minimum absolute atomic E-state index is 0.369. The van der Waals surface area contributed by atoms with Crippen LogP contribution in [0.4, 0.5) is 4.79 Å². The molecule has 0 saturated heterocycles. The molecule has 1 heterocycles. The average molecular weight is 471 g/mol. The predicted molar refractivity (Wildman–Crippen MR) is 130 cm³/mol. The van der Waals surface area contributed by atoms with Crippen LogP contribution in [0.2, 0.25) is 5.02 Å². The van der Waals surface area contributed by atoms with Gasteiger partial charge in [0.2, 0.25) is 0 Å². The van der Waals surface area contributed by atoms with Gasteiger partial charge in [-0.05, 0) is 36.6 Å². The summed E-state index contributed by atoms with van der Waals surface area (Å²) in [5.74, 6) is 0.400. The summed E-state index contributed by atoms with van der Waals surface area (Å²) in [7, 11) is 0. The molecule has 2 N–H and O–H groups in total. The zero-order chi connectivity index (χ0) is 24.3. The first-order valence-electron chi connectivity index (χ1n) is 10.5. The van der Waals surface area contributed by atoms with Gasteiger partial charge in [0.05, 0.1) is 23.7 Å². The summed E-state index contributed by atoms with van der Waals surface area (Å²) < 4.78 is 5.66. The molecule has 4 rings (SSSR count). The van der Waals surface area contributed by atoms with Gasteiger partial charge in [-0.25, -0.2) is 4.79 Å². The maximum Gasteiger partial charge on any atom is 0.405 e. The fourth-order valence-electron chi connectivity index (χ4n) is 4.04. The molecule has 4 aromatic rings. The number of carboxylic acid groups (broad SMARTS) is 1. The molecule has 169 valence electrons. The van der Waals surface area contributed by atoms with Crippen LogP contribution in [0.1, 0.15) is 22.4 Å². The molecule has 34 heavy (non-hydrogen) atoms. The first kappa shape index (κ1) is 23.1. The lowest BCUT2D eigenvalue weighted by molar-refractivity contribution is 0.187. The second kappa shape index (κ2) is 9.42. The minimum Gasteiger partial charge on any atom is -0.465 e. The van der Waals surface area contributed by atoms with Crippen LogP contribution in [0.25, 0.3) is 22.5 Å². The number of hydrogen-bond acceptors (Lipinski definition) is 4. The van der Waals surface area contributed by atoms with Gasteiger partial charge in [0.15, 0.2) is 5.76 Å². The van der Waals surface area contributed by atoms with Gasteiger partial charge in [-0.3, -0.25) is 0 Å². The van der Waals surface area contributed by atoms with Crippen molar-refractivity contribution in [2.24, 2.45) is 0 Å². The second-order valence-electron chi connectivity index (χ2n) is 7.90. The Kier molecular flexibility index (Phi) is 6.40. The number of nitrogens with one attached hydrogen (secondary N) is 1. The van der Waals surface area contributed by atoms with Crippen molar-refractivity contribution in [2.75, 3.05) is 0 Å². The third-order valence-corrected chi connectivity index (χ3v) is 5.99. The maximum atomic E-state index is 11.8. The van der Waals surface area contributed by atoms with Crippen molar-refractivity contribution < 1.29 is 14.4 Å². The second-order valence-corrected chi connectivity index (χ2v) is 8.30. The number of amides is 1. The molecule has 6 nitrogen and oxygen atoms in total. The number of nitrogens with zero attached hydrogens (tertiary/aromatic N) is 2. The Labute approximate surface area is 202 Å². The molecule has 0 bridgehead atoms. The van der Waals surface area contributed by atoms with Crippen molar-refractivity contribution in [1.29, 1.82) is 5.26 Å². The third kappa shape index (κ3) is 4.39. The van der Waals surface area contributed by atoms with Crippen LogP contribution in [0.5, 0.6) is 0 Å². The first-order chi connectivity index (χ1) is 16.3. The molecule has 0 aliphatic heterocycles. The van der Waals surface area contributed by atoms with Gasteiger partial charge in [0, 0.05) is 16.1 Å². The highest BCUT2D eigenvalue weighted by atomic mass is 35.5. The molecule has 0 aliphatic carbocycles. The Balaban J connectivity index is 1.77. The summed E-state index contributed by atoms with van der Waals surface area (Å²) in [5.41, 5.74) is 3.69. The highest BCUT2D eigenvalue weighted by molar-refractivity contribution is 6.31. The number of rotatable bonds is 6. The number of aromatic nitrogens is 1. The molecular formula is C27H21ClN3O3. The predicted octanol–water partition coefficient (Wildman–Crippen LogP) is 6.38. The molecule has 1 aromatic heterocycles. The molecule has 1 radical (unpaired) electrons. The number of aryl methyl sites for hydroxylation is 1. The van der Waals surface area contributed by atoms with E-state index in [2.05, 4.69) is 23.5 Å². The number of carbonyl (C=O) groups is 1. The lowest BCUT2D eigenvalue weighted by Gasteiger charge is -2.31. The SMILES string of the molecule is [CH2]C(NC(=O)O)(c1ccccc1Cl)c1c(C)noc1-c1ccc(-c2ccc(CC#N)cc2)cc1. The Hall–Kier alpha value is -4.08. The topological polar surface area (TPSA) is 99.2 Å². The number of benzene rings is 3. The lowest BCUT2D eigenvalue weighted by Crippen LogP contribution is -2.44. The zero-order valence-electron chi connectivity index (χ0n) is 18.4. The van der Waals surface area contributed by atoms with Crippen molar-refractivity contribution in [2.45, 2.75) is 18.9 Å². The van der Waals surface area contributed by atoms with Gasteiger partial charge in [-0.15, -0.1) is 0 Å². The molecule has 1 unspecified atom stereocenters. The van der Waals surface area contributed by atoms with Crippen molar-refractivity contribution in [3.8, 4) is 28.5 Å². The molecule has 7 heteroatoms. The van der Waals surface area contributed by atoms with Crippen LogP contribution < -0.4 is 5.32 Å². The highest BCUT2D eigenvalue weighted by Crippen LogP contribution is 2.41. The molecule has 0 fully saturated rings. The first-order valence-corrected chi connectivity index (χ1v) is 10.9. The molecular weight excluding hydrogens is 450 g/mol. The van der Waals surface area contributed by atoms with Crippen LogP contribution in [-0.2, 0) is 12.0 Å². The Bertz CT molecular complexity index is 1370. The smallest absolute Gasteiger partial charge is 0.405 e. The summed E-state index contributed by atoms with van der Waals surface area (Å²) in [6.45, 7) is 5.96. The molecule has 0 saturated carbocycles. The van der Waals surface area contributed by atoms with Crippen molar-refractivity contribution in [3.63, 3.8) is 0 Å². The van der Waals surface area contributed by atoms with Gasteiger partial charge >= 0.3 is 6.09 Å². The zero-order valence-corrected chi connectivity index (χ0v) is 19.1. The largest absolute Gasteiger partial charge is 0.465 e. The number of halogens is 1. The number of hydrogen-bond donors (Lipinski definition) is 2. The molecule has 1 atom stereocenters. The van der Waals surface area contributed by atoms with E-state index in [0.29, 0.717) is 39.6 Å². The Morgan fingerprint density at radius 3 is 2.26 bits per heavy atom. The Morgan fingerprint density at radius 1 is 1.09 bits per heavy atom. The van der Waals surface area contributed by atoms with Crippen molar-refractivity contribution in [1.82, 2.24) is 10.5 Å². The monoisotopic (exact) mass is 470 g/mol. The lowest BCUT2D eigenvalue weighted by atomic mass is 9.82. The quantitative estimate of drug-likeness (QED) is 0.340. The van der Waals surface area contributed by atoms with E-state index in [4.69, 9.17) is 21.4 Å². The van der Waals surface area contributed by atoms with Crippen LogP contribution in [0, 0.1) is 25.2 Å². The van der Waals surface area contributed by atoms with Crippen molar-refractivity contribution >= 4 is 17.7 Å². The molecule has 0 spiro atoms. The standard InChI is InChI=1S/C27H21ClN3O3/c1-17-24(27(2,30-26(32)33)22-5-3-4-6-23(22)28)25(34-31-17)21-13-11-20(12-14-21)19-9-7-18(8-10-19)15-16-29/h3-14,30H,2,15H2,1H3,(H,32,33). The highest BCUT2D eigenvalue weighted by Gasteiger charge is 2.39. The van der Waals surface area contributed by atoms with E-state index in [0.717, 1.165) is 16.7 Å². The third-order valence-electron chi connectivity index (χ3n) is 5.66. The fraction of sp³-hybridized carbons (Fsp3) is 0.111. The van der Waals surface area contributed by atoms with E-state index in [1.807, 2.05) is 48.5 Å². The van der Waals surface area contributed by atoms with Gasteiger partial charge in [-0.2, -0.15) is 5.26 Å². The van der Waals surface area contributed by atoms with Crippen LogP contribution in [-0.4, -0.2) is 16.4 Å². The van der Waals surface area contributed by atoms with Crippen LogP contribution in [0.3, 0.4) is 0 Å². The van der Waals surface area contributed by atoms with E-state index < -0.39 is 11.6 Å². The summed E-state index contributed by atoms with van der Waals surface area (Å²) in [4.78, 5) is 11.8. The summed E-state index contributed by atoms with van der Waals surface area (Å²) in [6, 6.07) is 24.6. The Morgan fingerprint density at radius 2 is 1.68 bits per heavy atom.